The van der Waals surface area contributed by atoms with Crippen LogP contribution in [-0.2, 0) is 0 Å². The van der Waals surface area contributed by atoms with Crippen LogP contribution in [0.15, 0.2) is 0 Å². The molecular weight excluding hydrogens is 228 g/mol. The van der Waals surface area contributed by atoms with Gasteiger partial charge in [-0.2, -0.15) is 0 Å². The molecule has 0 radical (unpaired) electrons. The van der Waals surface area contributed by atoms with Crippen molar-refractivity contribution in [2.45, 2.75) is 105 Å². The van der Waals surface area contributed by atoms with Gasteiger partial charge in [0.2, 0.25) is 0 Å². The van der Waals surface area contributed by atoms with Gasteiger partial charge in [0.15, 0.2) is 0 Å². The van der Waals surface area contributed by atoms with Crippen molar-refractivity contribution in [2.24, 2.45) is 17.8 Å². The molecule has 0 bridgehead atoms. The molecule has 0 aliphatic rings. The van der Waals surface area contributed by atoms with Crippen LogP contribution in [0.5, 0.6) is 0 Å². The molecule has 0 amide bonds. The van der Waals surface area contributed by atoms with Crippen molar-refractivity contribution >= 4 is 0 Å². The van der Waals surface area contributed by atoms with Gasteiger partial charge in [0.25, 0.3) is 0 Å². The molecule has 116 valence electrons. The first-order valence-corrected chi connectivity index (χ1v) is 9.10. The van der Waals surface area contributed by atoms with E-state index in [9.17, 15) is 0 Å². The summed E-state index contributed by atoms with van der Waals surface area (Å²) in [6, 6.07) is 0. The highest BCUT2D eigenvalue weighted by Gasteiger charge is 2.10. The first-order valence-electron chi connectivity index (χ1n) is 9.10. The largest absolute Gasteiger partial charge is 0.0654 e. The highest BCUT2D eigenvalue weighted by atomic mass is 14.2. The molecule has 0 aliphatic heterocycles. The fraction of sp³-hybridized carbons (Fsp3) is 1.00. The standard InChI is InChI=1S/C19H40/c1-6-11-18(5)15-16-19(12-7-2)14-10-8-9-13-17(3)4/h17-19H,6-16H2,1-5H3. The Morgan fingerprint density at radius 2 is 1.21 bits per heavy atom. The van der Waals surface area contributed by atoms with E-state index in [1.165, 1.54) is 70.6 Å². The quantitative estimate of drug-likeness (QED) is 0.309. The zero-order chi connectivity index (χ0) is 14.5. The molecule has 0 nitrogen and oxygen atoms in total. The molecule has 0 aliphatic carbocycles. The van der Waals surface area contributed by atoms with Gasteiger partial charge < -0.3 is 0 Å². The first-order chi connectivity index (χ1) is 9.10. The minimum atomic E-state index is 0.890. The average Bonchev–Trinajstić information content (AvgIpc) is 2.35. The molecule has 0 saturated heterocycles. The molecular formula is C19H40. The Kier molecular flexibility index (Phi) is 13.0. The van der Waals surface area contributed by atoms with E-state index < -0.39 is 0 Å². The molecule has 0 fully saturated rings. The summed E-state index contributed by atoms with van der Waals surface area (Å²) >= 11 is 0. The number of hydrogen-bond acceptors (Lipinski definition) is 0. The zero-order valence-corrected chi connectivity index (χ0v) is 14.5. The molecule has 2 unspecified atom stereocenters. The predicted molar refractivity (Wildman–Crippen MR) is 89.6 cm³/mol. The maximum absolute atomic E-state index is 2.44. The molecule has 0 heterocycles. The third-order valence-electron chi connectivity index (χ3n) is 4.44. The van der Waals surface area contributed by atoms with Gasteiger partial charge >= 0.3 is 0 Å². The summed E-state index contributed by atoms with van der Waals surface area (Å²) in [5.74, 6) is 2.86. The van der Waals surface area contributed by atoms with Crippen LogP contribution in [-0.4, -0.2) is 0 Å². The van der Waals surface area contributed by atoms with E-state index in [0.29, 0.717) is 0 Å². The van der Waals surface area contributed by atoms with Gasteiger partial charge in [0.1, 0.15) is 0 Å². The maximum Gasteiger partial charge on any atom is -0.0414 e. The lowest BCUT2D eigenvalue weighted by atomic mass is 9.88. The summed E-state index contributed by atoms with van der Waals surface area (Å²) in [5, 5.41) is 0. The smallest absolute Gasteiger partial charge is 0.0414 e. The van der Waals surface area contributed by atoms with Gasteiger partial charge in [-0.1, -0.05) is 105 Å². The fourth-order valence-corrected chi connectivity index (χ4v) is 3.16. The van der Waals surface area contributed by atoms with E-state index in [4.69, 9.17) is 0 Å². The van der Waals surface area contributed by atoms with Gasteiger partial charge in [-0.15, -0.1) is 0 Å². The summed E-state index contributed by atoms with van der Waals surface area (Å²) in [6.45, 7) is 11.8. The van der Waals surface area contributed by atoms with Crippen LogP contribution in [0.1, 0.15) is 105 Å². The molecule has 0 heteroatoms. The van der Waals surface area contributed by atoms with Crippen LogP contribution in [0.3, 0.4) is 0 Å². The lowest BCUT2D eigenvalue weighted by Gasteiger charge is -2.18. The Hall–Kier alpha value is 0. The highest BCUT2D eigenvalue weighted by molar-refractivity contribution is 4.63. The molecule has 2 atom stereocenters. The monoisotopic (exact) mass is 268 g/mol. The topological polar surface area (TPSA) is 0 Å². The van der Waals surface area contributed by atoms with Crippen LogP contribution < -0.4 is 0 Å². The summed E-state index contributed by atoms with van der Waals surface area (Å²) in [4.78, 5) is 0. The van der Waals surface area contributed by atoms with Crippen molar-refractivity contribution in [3.05, 3.63) is 0 Å². The van der Waals surface area contributed by atoms with Crippen LogP contribution in [0, 0.1) is 17.8 Å². The zero-order valence-electron chi connectivity index (χ0n) is 14.5. The average molecular weight is 269 g/mol. The Bertz CT molecular complexity index is 171. The fourth-order valence-electron chi connectivity index (χ4n) is 3.16. The third kappa shape index (κ3) is 12.8. The minimum Gasteiger partial charge on any atom is -0.0654 e. The van der Waals surface area contributed by atoms with E-state index in [1.54, 1.807) is 0 Å². The second-order valence-electron chi connectivity index (χ2n) is 7.16. The summed E-state index contributed by atoms with van der Waals surface area (Å²) in [7, 11) is 0. The SMILES string of the molecule is CCCC(C)CCC(CCC)CCCCCC(C)C. The Balaban J connectivity index is 3.67. The number of rotatable bonds is 13. The van der Waals surface area contributed by atoms with Crippen LogP contribution in [0.2, 0.25) is 0 Å². The second kappa shape index (κ2) is 13.0. The van der Waals surface area contributed by atoms with Gasteiger partial charge in [0, 0.05) is 0 Å². The molecule has 0 spiro atoms. The molecule has 0 aromatic carbocycles. The summed E-state index contributed by atoms with van der Waals surface area (Å²) in [5.41, 5.74) is 0. The van der Waals surface area contributed by atoms with E-state index >= 15 is 0 Å². The Labute approximate surface area is 123 Å². The van der Waals surface area contributed by atoms with E-state index in [0.717, 1.165) is 17.8 Å². The van der Waals surface area contributed by atoms with Crippen molar-refractivity contribution in [2.75, 3.05) is 0 Å². The first kappa shape index (κ1) is 19.0. The molecule has 0 rings (SSSR count). The van der Waals surface area contributed by atoms with Gasteiger partial charge in [-0.25, -0.2) is 0 Å². The van der Waals surface area contributed by atoms with Crippen molar-refractivity contribution in [1.29, 1.82) is 0 Å². The number of unbranched alkanes of at least 4 members (excludes halogenated alkanes) is 2. The summed E-state index contributed by atoms with van der Waals surface area (Å²) in [6.07, 6.45) is 15.9. The Morgan fingerprint density at radius 3 is 1.79 bits per heavy atom. The van der Waals surface area contributed by atoms with Crippen molar-refractivity contribution in [3.8, 4) is 0 Å². The lowest BCUT2D eigenvalue weighted by molar-refractivity contribution is 0.345. The summed E-state index contributed by atoms with van der Waals surface area (Å²) < 4.78 is 0. The van der Waals surface area contributed by atoms with Gasteiger partial charge in [-0.05, 0) is 17.8 Å². The minimum absolute atomic E-state index is 0.890. The maximum atomic E-state index is 2.44. The van der Waals surface area contributed by atoms with Crippen LogP contribution in [0.4, 0.5) is 0 Å². The molecule has 0 aromatic heterocycles. The molecule has 19 heavy (non-hydrogen) atoms. The van der Waals surface area contributed by atoms with Crippen molar-refractivity contribution in [1.82, 2.24) is 0 Å². The molecule has 0 N–H and O–H groups in total. The van der Waals surface area contributed by atoms with Crippen LogP contribution in [0.25, 0.3) is 0 Å². The van der Waals surface area contributed by atoms with E-state index in [1.807, 2.05) is 0 Å². The molecule has 0 saturated carbocycles. The van der Waals surface area contributed by atoms with Gasteiger partial charge in [0.05, 0.1) is 0 Å². The second-order valence-corrected chi connectivity index (χ2v) is 7.16. The van der Waals surface area contributed by atoms with E-state index in [-0.39, 0.29) is 0 Å². The Morgan fingerprint density at radius 1 is 0.579 bits per heavy atom. The number of hydrogen-bond donors (Lipinski definition) is 0. The van der Waals surface area contributed by atoms with Crippen molar-refractivity contribution in [3.63, 3.8) is 0 Å². The van der Waals surface area contributed by atoms with Crippen LogP contribution >= 0.6 is 0 Å². The third-order valence-corrected chi connectivity index (χ3v) is 4.44. The predicted octanol–water partition coefficient (Wildman–Crippen LogP) is 7.23. The van der Waals surface area contributed by atoms with E-state index in [2.05, 4.69) is 34.6 Å². The van der Waals surface area contributed by atoms with Crippen molar-refractivity contribution < 1.29 is 0 Å². The molecule has 0 aromatic rings. The normalized spacial score (nSPS) is 14.8. The lowest BCUT2D eigenvalue weighted by Crippen LogP contribution is -2.04. The highest BCUT2D eigenvalue weighted by Crippen LogP contribution is 2.25. The van der Waals surface area contributed by atoms with Gasteiger partial charge in [-0.3, -0.25) is 0 Å².